The number of pyridine rings is 1. The molecule has 10 heteroatoms. The van der Waals surface area contributed by atoms with Crippen molar-refractivity contribution in [1.82, 2.24) is 9.88 Å². The van der Waals surface area contributed by atoms with Crippen LogP contribution in [0.3, 0.4) is 0 Å². The van der Waals surface area contributed by atoms with Crippen molar-refractivity contribution in [2.45, 2.75) is 6.42 Å². The number of carbonyl (C=O) groups is 2. The van der Waals surface area contributed by atoms with Crippen LogP contribution in [0.2, 0.25) is 10.0 Å². The summed E-state index contributed by atoms with van der Waals surface area (Å²) in [6.45, 7) is 1.39. The van der Waals surface area contributed by atoms with Gasteiger partial charge in [0.15, 0.2) is 5.78 Å². The van der Waals surface area contributed by atoms with Crippen LogP contribution in [0.1, 0.15) is 31.8 Å². The minimum Gasteiger partial charge on any atom is -0.496 e. The molecule has 180 valence electrons. The number of ketones is 1. The Hall–Kier alpha value is -3.49. The van der Waals surface area contributed by atoms with Crippen LogP contribution < -0.4 is 10.1 Å². The maximum absolute atomic E-state index is 15.0. The van der Waals surface area contributed by atoms with Crippen LogP contribution in [0.25, 0.3) is 0 Å². The number of aromatic nitrogens is 1. The zero-order valence-corrected chi connectivity index (χ0v) is 20.5. The van der Waals surface area contributed by atoms with Crippen molar-refractivity contribution >= 4 is 46.5 Å². The van der Waals surface area contributed by atoms with Gasteiger partial charge < -0.3 is 15.0 Å². The predicted molar refractivity (Wildman–Crippen MR) is 134 cm³/mol. The Morgan fingerprint density at radius 3 is 2.54 bits per heavy atom. The summed E-state index contributed by atoms with van der Waals surface area (Å²) in [5.74, 6) is -0.565. The number of nitrogens with one attached hydrogen (secondary N) is 1. The second kappa shape index (κ2) is 10.4. The van der Waals surface area contributed by atoms with E-state index in [2.05, 4.69) is 15.3 Å². The van der Waals surface area contributed by atoms with Gasteiger partial charge in [-0.15, -0.1) is 0 Å². The van der Waals surface area contributed by atoms with E-state index >= 15 is 0 Å². The number of hydrogen-bond acceptors (Lipinski definition) is 6. The number of halogens is 3. The van der Waals surface area contributed by atoms with Crippen molar-refractivity contribution in [3.63, 3.8) is 0 Å². The van der Waals surface area contributed by atoms with E-state index in [0.717, 1.165) is 6.54 Å². The molecule has 0 saturated carbocycles. The van der Waals surface area contributed by atoms with Gasteiger partial charge in [-0.2, -0.15) is 0 Å². The van der Waals surface area contributed by atoms with Crippen molar-refractivity contribution in [2.75, 3.05) is 32.6 Å². The molecule has 0 bridgehead atoms. The highest BCUT2D eigenvalue weighted by atomic mass is 35.5. The van der Waals surface area contributed by atoms with Crippen LogP contribution in [0.4, 0.5) is 10.2 Å². The number of likely N-dealkylation sites (N-methyl/N-ethyl adjacent to an activating group) is 1. The Labute approximate surface area is 211 Å². The molecule has 2 aromatic carbocycles. The average Bonchev–Trinajstić information content (AvgIpc) is 3.26. The molecule has 1 N–H and O–H groups in total. The molecule has 1 aromatic heterocycles. The largest absolute Gasteiger partial charge is 0.496 e. The van der Waals surface area contributed by atoms with Crippen molar-refractivity contribution in [3.8, 4) is 5.75 Å². The minimum absolute atomic E-state index is 0.0993. The molecule has 0 aliphatic carbocycles. The van der Waals surface area contributed by atoms with Crippen LogP contribution in [-0.2, 0) is 6.42 Å². The van der Waals surface area contributed by atoms with Gasteiger partial charge in [-0.1, -0.05) is 29.3 Å². The Kier molecular flexibility index (Phi) is 7.33. The molecular weight excluding hydrogens is 494 g/mol. The third-order valence-corrected chi connectivity index (χ3v) is 5.97. The molecule has 0 radical (unpaired) electrons. The zero-order chi connectivity index (χ0) is 25.1. The molecule has 1 aliphatic rings. The Bertz CT molecular complexity index is 1330. The summed E-state index contributed by atoms with van der Waals surface area (Å²) in [4.78, 5) is 36.5. The van der Waals surface area contributed by atoms with E-state index in [0.29, 0.717) is 23.0 Å². The number of aliphatic imine (C=N–C) groups is 1. The van der Waals surface area contributed by atoms with Crippen molar-refractivity contribution in [1.29, 1.82) is 0 Å². The maximum Gasteiger partial charge on any atom is 0.257 e. The third-order valence-electron chi connectivity index (χ3n) is 5.53. The molecule has 0 saturated heterocycles. The fraction of sp³-hybridized carbons (Fsp3) is 0.200. The van der Waals surface area contributed by atoms with Crippen LogP contribution in [0, 0.1) is 5.82 Å². The lowest BCUT2D eigenvalue weighted by Crippen LogP contribution is -2.23. The number of hydrogen-bond donors (Lipinski definition) is 1. The quantitative estimate of drug-likeness (QED) is 0.453. The van der Waals surface area contributed by atoms with Gasteiger partial charge in [0.25, 0.3) is 5.91 Å². The van der Waals surface area contributed by atoms with Crippen LogP contribution in [-0.4, -0.2) is 54.7 Å². The number of amides is 1. The Morgan fingerprint density at radius 2 is 1.91 bits per heavy atom. The average molecular weight is 515 g/mol. The van der Waals surface area contributed by atoms with Gasteiger partial charge in [-0.05, 0) is 36.4 Å². The Morgan fingerprint density at radius 1 is 1.11 bits per heavy atom. The number of rotatable bonds is 7. The van der Waals surface area contributed by atoms with E-state index in [1.807, 2.05) is 11.9 Å². The van der Waals surface area contributed by atoms with E-state index in [-0.39, 0.29) is 39.7 Å². The second-order valence-corrected chi connectivity index (χ2v) is 8.74. The molecule has 0 atom stereocenters. The summed E-state index contributed by atoms with van der Waals surface area (Å²) >= 11 is 12.0. The second-order valence-electron chi connectivity index (χ2n) is 7.87. The smallest absolute Gasteiger partial charge is 0.257 e. The lowest BCUT2D eigenvalue weighted by atomic mass is 9.96. The molecule has 0 spiro atoms. The molecule has 2 heterocycles. The standard InChI is InChI=1S/C25H21Cl2FN4O3/c1-32-8-7-29-24(32)14-3-5-17(20(28)9-14)21(33)12-18-19(10-16(27)11-22(18)35-2)25(34)31-23-6-4-15(26)13-30-23/h3-6,9-11,13H,7-8,12H2,1-2H3,(H,30,31,34). The summed E-state index contributed by atoms with van der Waals surface area (Å²) in [7, 11) is 3.28. The van der Waals surface area contributed by atoms with Gasteiger partial charge >= 0.3 is 0 Å². The molecule has 0 unspecified atom stereocenters. The number of carbonyl (C=O) groups excluding carboxylic acids is 2. The summed E-state index contributed by atoms with van der Waals surface area (Å²) in [5, 5.41) is 3.30. The molecule has 7 nitrogen and oxygen atoms in total. The van der Waals surface area contributed by atoms with E-state index in [1.54, 1.807) is 12.1 Å². The molecule has 3 aromatic rings. The van der Waals surface area contributed by atoms with Crippen LogP contribution >= 0.6 is 23.2 Å². The summed E-state index contributed by atoms with van der Waals surface area (Å²) in [6, 6.07) is 10.4. The highest BCUT2D eigenvalue weighted by Gasteiger charge is 2.23. The number of methoxy groups -OCH3 is 1. The fourth-order valence-corrected chi connectivity index (χ4v) is 4.11. The summed E-state index contributed by atoms with van der Waals surface area (Å²) in [5.41, 5.74) is 0.881. The fourth-order valence-electron chi connectivity index (χ4n) is 3.79. The lowest BCUT2D eigenvalue weighted by molar-refractivity contribution is 0.0987. The van der Waals surface area contributed by atoms with E-state index in [1.165, 1.54) is 43.6 Å². The molecule has 4 rings (SSSR count). The van der Waals surface area contributed by atoms with Crippen molar-refractivity contribution < 1.29 is 18.7 Å². The molecule has 1 aliphatic heterocycles. The van der Waals surface area contributed by atoms with Gasteiger partial charge in [-0.25, -0.2) is 9.37 Å². The highest BCUT2D eigenvalue weighted by Crippen LogP contribution is 2.30. The number of ether oxygens (including phenoxy) is 1. The molecular formula is C25H21Cl2FN4O3. The predicted octanol–water partition coefficient (Wildman–Crippen LogP) is 4.91. The van der Waals surface area contributed by atoms with E-state index in [4.69, 9.17) is 27.9 Å². The number of anilines is 1. The van der Waals surface area contributed by atoms with E-state index < -0.39 is 17.5 Å². The molecule has 1 amide bonds. The van der Waals surface area contributed by atoms with Gasteiger partial charge in [0.1, 0.15) is 23.2 Å². The van der Waals surface area contributed by atoms with Crippen LogP contribution in [0.15, 0.2) is 53.7 Å². The first-order valence-corrected chi connectivity index (χ1v) is 11.4. The van der Waals surface area contributed by atoms with Crippen LogP contribution in [0.5, 0.6) is 5.75 Å². The number of nitrogens with zero attached hydrogens (tertiary/aromatic N) is 3. The monoisotopic (exact) mass is 514 g/mol. The first kappa shape index (κ1) is 24.6. The van der Waals surface area contributed by atoms with Gasteiger partial charge in [-0.3, -0.25) is 14.6 Å². The van der Waals surface area contributed by atoms with Crippen molar-refractivity contribution in [2.24, 2.45) is 4.99 Å². The Balaban J connectivity index is 1.63. The van der Waals surface area contributed by atoms with Crippen molar-refractivity contribution in [3.05, 3.63) is 86.8 Å². The molecule has 35 heavy (non-hydrogen) atoms. The number of Topliss-reactive ketones (excluding diaryl/α,β-unsaturated/α-hetero) is 1. The number of amidine groups is 1. The summed E-state index contributed by atoms with van der Waals surface area (Å²) in [6.07, 6.45) is 1.11. The first-order chi connectivity index (χ1) is 16.8. The van der Waals surface area contributed by atoms with Gasteiger partial charge in [0.05, 0.1) is 24.2 Å². The highest BCUT2D eigenvalue weighted by molar-refractivity contribution is 6.31. The maximum atomic E-state index is 15.0. The minimum atomic E-state index is -0.667. The third kappa shape index (κ3) is 5.44. The lowest BCUT2D eigenvalue weighted by Gasteiger charge is -2.16. The normalized spacial score (nSPS) is 12.9. The number of benzene rings is 2. The topological polar surface area (TPSA) is 83.9 Å². The molecule has 0 fully saturated rings. The first-order valence-electron chi connectivity index (χ1n) is 10.6. The van der Waals surface area contributed by atoms with Gasteiger partial charge in [0, 0.05) is 47.9 Å². The van der Waals surface area contributed by atoms with E-state index in [9.17, 15) is 14.0 Å². The summed E-state index contributed by atoms with van der Waals surface area (Å²) < 4.78 is 20.3. The SMILES string of the molecule is COc1cc(Cl)cc(C(=O)Nc2ccc(Cl)cn2)c1CC(=O)c1ccc(C2=NCCN2C)cc1F. The zero-order valence-electron chi connectivity index (χ0n) is 18.9. The van der Waals surface area contributed by atoms with Gasteiger partial charge in [0.2, 0.25) is 0 Å².